The third kappa shape index (κ3) is 4.93. The van der Waals surface area contributed by atoms with Gasteiger partial charge in [0, 0.05) is 55.9 Å². The summed E-state index contributed by atoms with van der Waals surface area (Å²) in [6, 6.07) is 6.26. The lowest BCUT2D eigenvalue weighted by molar-refractivity contribution is -0.142. The highest BCUT2D eigenvalue weighted by Crippen LogP contribution is 2.33. The predicted molar refractivity (Wildman–Crippen MR) is 129 cm³/mol. The quantitative estimate of drug-likeness (QED) is 0.622. The molecular weight excluding hydrogens is 456 g/mol. The first-order chi connectivity index (χ1) is 16.3. The maximum atomic E-state index is 13.1. The number of halogens is 1. The van der Waals surface area contributed by atoms with Gasteiger partial charge in [0.15, 0.2) is 0 Å². The minimum Gasteiger partial charge on any atom is -0.463 e. The van der Waals surface area contributed by atoms with Crippen LogP contribution in [0.5, 0.6) is 0 Å². The summed E-state index contributed by atoms with van der Waals surface area (Å²) in [6.07, 6.45) is 3.12. The number of amides is 3. The molecular formula is C25H33ClN4O4. The summed E-state index contributed by atoms with van der Waals surface area (Å²) in [5, 5.41) is 3.45. The molecule has 1 aromatic carbocycles. The number of rotatable bonds is 6. The summed E-state index contributed by atoms with van der Waals surface area (Å²) in [7, 11) is 1.66. The van der Waals surface area contributed by atoms with Crippen LogP contribution in [0.4, 0.5) is 4.79 Å². The third-order valence-corrected chi connectivity index (χ3v) is 7.31. The number of likely N-dealkylation sites (N-methyl/N-ethyl adjacent to an activating group) is 1. The van der Waals surface area contributed by atoms with Gasteiger partial charge in [-0.2, -0.15) is 0 Å². The van der Waals surface area contributed by atoms with E-state index in [-0.39, 0.29) is 30.5 Å². The SMILES string of the molecule is CCOC(=O)C1=C(CN2CCN(C(=O)C3CCC3)C(C)C2)N(C)C(=O)NC1c1cccc(Cl)c1. The zero-order valence-electron chi connectivity index (χ0n) is 20.1. The molecule has 4 rings (SSSR count). The van der Waals surface area contributed by atoms with Crippen LogP contribution in [0.25, 0.3) is 0 Å². The van der Waals surface area contributed by atoms with Gasteiger partial charge in [0.05, 0.1) is 18.2 Å². The minimum atomic E-state index is -0.657. The van der Waals surface area contributed by atoms with Gasteiger partial charge < -0.3 is 15.0 Å². The summed E-state index contributed by atoms with van der Waals surface area (Å²) < 4.78 is 5.40. The van der Waals surface area contributed by atoms with Gasteiger partial charge in [-0.15, -0.1) is 0 Å². The number of nitrogens with one attached hydrogen (secondary N) is 1. The van der Waals surface area contributed by atoms with Crippen molar-refractivity contribution in [3.63, 3.8) is 0 Å². The van der Waals surface area contributed by atoms with Crippen LogP contribution in [0.3, 0.4) is 0 Å². The van der Waals surface area contributed by atoms with Gasteiger partial charge in [0.2, 0.25) is 5.91 Å². The average molecular weight is 489 g/mol. The van der Waals surface area contributed by atoms with E-state index >= 15 is 0 Å². The monoisotopic (exact) mass is 488 g/mol. The fourth-order valence-corrected chi connectivity index (χ4v) is 5.14. The lowest BCUT2D eigenvalue weighted by Crippen LogP contribution is -2.57. The fourth-order valence-electron chi connectivity index (χ4n) is 4.94. The zero-order valence-corrected chi connectivity index (χ0v) is 20.8. The van der Waals surface area contributed by atoms with Crippen molar-refractivity contribution in [1.29, 1.82) is 0 Å². The van der Waals surface area contributed by atoms with Gasteiger partial charge in [0.1, 0.15) is 0 Å². The Labute approximate surface area is 205 Å². The Kier molecular flexibility index (Phi) is 7.48. The molecule has 1 N–H and O–H groups in total. The van der Waals surface area contributed by atoms with Crippen molar-refractivity contribution < 1.29 is 19.1 Å². The molecule has 3 amide bonds. The summed E-state index contributed by atoms with van der Waals surface area (Å²) in [4.78, 5) is 44.5. The second kappa shape index (κ2) is 10.4. The number of nitrogens with zero attached hydrogens (tertiary/aromatic N) is 3. The molecule has 8 nitrogen and oxygen atoms in total. The van der Waals surface area contributed by atoms with Gasteiger partial charge >= 0.3 is 12.0 Å². The lowest BCUT2D eigenvalue weighted by Gasteiger charge is -2.44. The second-order valence-corrected chi connectivity index (χ2v) is 9.76. The molecule has 1 saturated carbocycles. The second-order valence-electron chi connectivity index (χ2n) is 9.32. The molecule has 2 unspecified atom stereocenters. The number of urea groups is 1. The normalized spacial score (nSPS) is 24.1. The number of benzene rings is 1. The van der Waals surface area contributed by atoms with E-state index in [4.69, 9.17) is 16.3 Å². The Morgan fingerprint density at radius 2 is 2.00 bits per heavy atom. The maximum Gasteiger partial charge on any atom is 0.338 e. The van der Waals surface area contributed by atoms with E-state index in [2.05, 4.69) is 17.1 Å². The number of ether oxygens (including phenoxy) is 1. The van der Waals surface area contributed by atoms with Crippen molar-refractivity contribution >= 4 is 29.5 Å². The Bertz CT molecular complexity index is 993. The van der Waals surface area contributed by atoms with E-state index in [1.165, 1.54) is 4.90 Å². The van der Waals surface area contributed by atoms with Crippen LogP contribution in [0, 0.1) is 5.92 Å². The Morgan fingerprint density at radius 1 is 1.24 bits per heavy atom. The average Bonchev–Trinajstić information content (AvgIpc) is 2.75. The number of carbonyl (C=O) groups is 3. The van der Waals surface area contributed by atoms with E-state index < -0.39 is 12.0 Å². The Morgan fingerprint density at radius 3 is 2.62 bits per heavy atom. The van der Waals surface area contributed by atoms with E-state index in [1.54, 1.807) is 32.2 Å². The molecule has 0 radical (unpaired) electrons. The van der Waals surface area contributed by atoms with Gasteiger partial charge in [-0.1, -0.05) is 30.2 Å². The van der Waals surface area contributed by atoms with Crippen LogP contribution < -0.4 is 5.32 Å². The van der Waals surface area contributed by atoms with Gasteiger partial charge in [-0.05, 0) is 44.4 Å². The first-order valence-electron chi connectivity index (χ1n) is 12.0. The van der Waals surface area contributed by atoms with Gasteiger partial charge in [0.25, 0.3) is 0 Å². The van der Waals surface area contributed by atoms with Crippen LogP contribution in [-0.4, -0.2) is 78.5 Å². The number of carbonyl (C=O) groups excluding carboxylic acids is 3. The Balaban J connectivity index is 1.60. The number of esters is 1. The highest BCUT2D eigenvalue weighted by atomic mass is 35.5. The molecule has 0 bridgehead atoms. The summed E-state index contributed by atoms with van der Waals surface area (Å²) in [5.41, 5.74) is 1.74. The molecule has 1 aromatic rings. The molecule has 1 aliphatic carbocycles. The number of hydrogen-bond acceptors (Lipinski definition) is 5. The first-order valence-corrected chi connectivity index (χ1v) is 12.4. The van der Waals surface area contributed by atoms with Crippen molar-refractivity contribution in [2.24, 2.45) is 5.92 Å². The number of hydrogen-bond donors (Lipinski definition) is 1. The van der Waals surface area contributed by atoms with Crippen LogP contribution in [0.2, 0.25) is 5.02 Å². The molecule has 2 heterocycles. The maximum absolute atomic E-state index is 13.1. The first kappa shape index (κ1) is 24.5. The smallest absolute Gasteiger partial charge is 0.338 e. The standard InChI is InChI=1S/C25H33ClN4O4/c1-4-34-24(32)21-20(28(3)25(33)27-22(21)18-9-6-10-19(26)13-18)15-29-11-12-30(16(2)14-29)23(31)17-7-5-8-17/h6,9-10,13,16-17,22H,4-5,7-8,11-12,14-15H2,1-3H3,(H,27,33). The van der Waals surface area contributed by atoms with Crippen LogP contribution in [-0.2, 0) is 14.3 Å². The molecule has 0 aromatic heterocycles. The largest absolute Gasteiger partial charge is 0.463 e. The third-order valence-electron chi connectivity index (χ3n) is 7.08. The zero-order chi connectivity index (χ0) is 24.4. The molecule has 2 fully saturated rings. The van der Waals surface area contributed by atoms with Crippen molar-refractivity contribution in [3.8, 4) is 0 Å². The van der Waals surface area contributed by atoms with Crippen LogP contribution >= 0.6 is 11.6 Å². The molecule has 1 saturated heterocycles. The summed E-state index contributed by atoms with van der Waals surface area (Å²) >= 11 is 6.21. The molecule has 3 aliphatic rings. The molecule has 0 spiro atoms. The molecule has 2 atom stereocenters. The van der Waals surface area contributed by atoms with Crippen LogP contribution in [0.15, 0.2) is 35.5 Å². The number of piperazine rings is 1. The molecule has 9 heteroatoms. The predicted octanol–water partition coefficient (Wildman–Crippen LogP) is 3.19. The topological polar surface area (TPSA) is 82.2 Å². The molecule has 2 aliphatic heterocycles. The van der Waals surface area contributed by atoms with Crippen LogP contribution in [0.1, 0.15) is 44.7 Å². The van der Waals surface area contributed by atoms with Crippen molar-refractivity contribution in [1.82, 2.24) is 20.0 Å². The lowest BCUT2D eigenvalue weighted by atomic mass is 9.84. The minimum absolute atomic E-state index is 0.0694. The fraction of sp³-hybridized carbons (Fsp3) is 0.560. The summed E-state index contributed by atoms with van der Waals surface area (Å²) in [6.45, 7) is 6.47. The van der Waals surface area contributed by atoms with Crippen molar-refractivity contribution in [3.05, 3.63) is 46.1 Å². The van der Waals surface area contributed by atoms with Crippen molar-refractivity contribution in [2.75, 3.05) is 39.8 Å². The van der Waals surface area contributed by atoms with E-state index in [0.717, 1.165) is 24.8 Å². The highest BCUT2D eigenvalue weighted by Gasteiger charge is 2.39. The molecule has 184 valence electrons. The highest BCUT2D eigenvalue weighted by molar-refractivity contribution is 6.30. The molecule has 34 heavy (non-hydrogen) atoms. The van der Waals surface area contributed by atoms with Gasteiger partial charge in [-0.25, -0.2) is 9.59 Å². The summed E-state index contributed by atoms with van der Waals surface area (Å²) in [5.74, 6) is -0.0139. The Hall–Kier alpha value is -2.58. The van der Waals surface area contributed by atoms with Crippen molar-refractivity contribution in [2.45, 2.75) is 45.2 Å². The van der Waals surface area contributed by atoms with E-state index in [9.17, 15) is 14.4 Å². The van der Waals surface area contributed by atoms with E-state index in [0.29, 0.717) is 42.5 Å². The van der Waals surface area contributed by atoms with E-state index in [1.807, 2.05) is 11.0 Å². The van der Waals surface area contributed by atoms with Gasteiger partial charge in [-0.3, -0.25) is 14.6 Å².